The van der Waals surface area contributed by atoms with Crippen LogP contribution in [0.4, 0.5) is 5.69 Å². The Morgan fingerprint density at radius 3 is 2.14 bits per heavy atom. The van der Waals surface area contributed by atoms with E-state index in [9.17, 15) is 4.79 Å². The molecule has 1 amide bonds. The molecule has 2 aromatic rings. The second-order valence-electron chi connectivity index (χ2n) is 5.27. The summed E-state index contributed by atoms with van der Waals surface area (Å²) in [7, 11) is 0. The zero-order chi connectivity index (χ0) is 15.4. The average molecular weight is 367 g/mol. The van der Waals surface area contributed by atoms with E-state index in [-0.39, 0.29) is 17.7 Å². The van der Waals surface area contributed by atoms with Crippen LogP contribution in [0.5, 0.6) is 0 Å². The van der Waals surface area contributed by atoms with Gasteiger partial charge in [0.1, 0.15) is 0 Å². The van der Waals surface area contributed by atoms with Crippen molar-refractivity contribution in [3.63, 3.8) is 0 Å². The fourth-order valence-corrected chi connectivity index (χ4v) is 2.65. The van der Waals surface area contributed by atoms with Crippen molar-refractivity contribution in [1.82, 2.24) is 0 Å². The maximum absolute atomic E-state index is 12.6. The van der Waals surface area contributed by atoms with Crippen molar-refractivity contribution >= 4 is 39.1 Å². The van der Waals surface area contributed by atoms with Gasteiger partial charge in [-0.15, -0.1) is 0 Å². The first-order valence-electron chi connectivity index (χ1n) is 6.79. The van der Waals surface area contributed by atoms with Crippen molar-refractivity contribution in [2.75, 3.05) is 5.32 Å². The van der Waals surface area contributed by atoms with Crippen LogP contribution in [-0.4, -0.2) is 5.91 Å². The Morgan fingerprint density at radius 1 is 1.05 bits per heavy atom. The van der Waals surface area contributed by atoms with E-state index < -0.39 is 0 Å². The maximum Gasteiger partial charge on any atom is 0.232 e. The molecule has 1 atom stereocenters. The monoisotopic (exact) mass is 365 g/mol. The Morgan fingerprint density at radius 2 is 1.62 bits per heavy atom. The normalized spacial score (nSPS) is 12.2. The fraction of sp³-hybridized carbons (Fsp3) is 0.235. The fourth-order valence-electron chi connectivity index (χ4n) is 2.26. The van der Waals surface area contributed by atoms with Crippen LogP contribution in [0.3, 0.4) is 0 Å². The van der Waals surface area contributed by atoms with Crippen molar-refractivity contribution in [3.05, 3.63) is 63.6 Å². The third kappa shape index (κ3) is 4.32. The maximum atomic E-state index is 12.6. The summed E-state index contributed by atoms with van der Waals surface area (Å²) < 4.78 is 0.985. The molecule has 2 aromatic carbocycles. The summed E-state index contributed by atoms with van der Waals surface area (Å²) in [5.41, 5.74) is 1.77. The van der Waals surface area contributed by atoms with E-state index in [4.69, 9.17) is 11.6 Å². The molecule has 0 aliphatic rings. The summed E-state index contributed by atoms with van der Waals surface area (Å²) in [4.78, 5) is 12.6. The number of carbonyl (C=O) groups is 1. The van der Waals surface area contributed by atoms with E-state index in [2.05, 4.69) is 21.2 Å². The predicted molar refractivity (Wildman–Crippen MR) is 91.8 cm³/mol. The van der Waals surface area contributed by atoms with E-state index in [0.29, 0.717) is 5.02 Å². The largest absolute Gasteiger partial charge is 0.326 e. The van der Waals surface area contributed by atoms with E-state index >= 15 is 0 Å². The number of rotatable bonds is 4. The molecular weight excluding hydrogens is 350 g/mol. The molecule has 0 spiro atoms. The Hall–Kier alpha value is -1.32. The smallest absolute Gasteiger partial charge is 0.232 e. The lowest BCUT2D eigenvalue weighted by atomic mass is 9.87. The molecule has 1 N–H and O–H groups in total. The van der Waals surface area contributed by atoms with Gasteiger partial charge in [-0.25, -0.2) is 0 Å². The molecule has 0 heterocycles. The second-order valence-corrected chi connectivity index (χ2v) is 6.62. The van der Waals surface area contributed by atoms with Gasteiger partial charge in [0.25, 0.3) is 0 Å². The molecule has 0 radical (unpaired) electrons. The molecule has 2 rings (SSSR count). The molecule has 0 aromatic heterocycles. The molecule has 4 heteroatoms. The molecule has 0 saturated carbocycles. The minimum Gasteiger partial charge on any atom is -0.326 e. The highest BCUT2D eigenvalue weighted by Gasteiger charge is 2.24. The van der Waals surface area contributed by atoms with Gasteiger partial charge in [-0.05, 0) is 47.9 Å². The van der Waals surface area contributed by atoms with Crippen molar-refractivity contribution < 1.29 is 4.79 Å². The molecule has 0 aliphatic heterocycles. The van der Waals surface area contributed by atoms with Crippen LogP contribution in [0.25, 0.3) is 0 Å². The molecular formula is C17H17BrClNO. The van der Waals surface area contributed by atoms with Crippen molar-refractivity contribution in [3.8, 4) is 0 Å². The Kier molecular flexibility index (Phi) is 5.43. The average Bonchev–Trinajstić information content (AvgIpc) is 2.43. The topological polar surface area (TPSA) is 29.1 Å². The van der Waals surface area contributed by atoms with E-state index in [0.717, 1.165) is 15.7 Å². The van der Waals surface area contributed by atoms with Gasteiger partial charge < -0.3 is 5.32 Å². The van der Waals surface area contributed by atoms with Gasteiger partial charge in [0.2, 0.25) is 5.91 Å². The summed E-state index contributed by atoms with van der Waals surface area (Å²) in [5.74, 6) is -0.0119. The van der Waals surface area contributed by atoms with Crippen LogP contribution in [0.2, 0.25) is 5.02 Å². The van der Waals surface area contributed by atoms with E-state index in [1.165, 1.54) is 0 Å². The molecule has 0 fully saturated rings. The van der Waals surface area contributed by atoms with Crippen molar-refractivity contribution in [2.24, 2.45) is 5.92 Å². The highest BCUT2D eigenvalue weighted by Crippen LogP contribution is 2.27. The number of carbonyl (C=O) groups excluding carboxylic acids is 1. The van der Waals surface area contributed by atoms with Crippen LogP contribution in [0.1, 0.15) is 25.3 Å². The predicted octanol–water partition coefficient (Wildman–Crippen LogP) is 5.48. The Bertz CT molecular complexity index is 608. The lowest BCUT2D eigenvalue weighted by Gasteiger charge is -2.21. The van der Waals surface area contributed by atoms with E-state index in [1.807, 2.05) is 62.4 Å². The zero-order valence-corrected chi connectivity index (χ0v) is 14.3. The quantitative estimate of drug-likeness (QED) is 0.762. The highest BCUT2D eigenvalue weighted by atomic mass is 79.9. The third-order valence-electron chi connectivity index (χ3n) is 3.29. The molecule has 21 heavy (non-hydrogen) atoms. The molecule has 0 unspecified atom stereocenters. The molecule has 0 bridgehead atoms. The van der Waals surface area contributed by atoms with Crippen LogP contribution in [0, 0.1) is 5.92 Å². The number of hydrogen-bond acceptors (Lipinski definition) is 1. The first-order chi connectivity index (χ1) is 9.97. The molecule has 2 nitrogen and oxygen atoms in total. The Balaban J connectivity index is 2.19. The van der Waals surface area contributed by atoms with Gasteiger partial charge in [-0.2, -0.15) is 0 Å². The number of hydrogen-bond donors (Lipinski definition) is 1. The number of halogens is 2. The number of nitrogens with one attached hydrogen (secondary N) is 1. The van der Waals surface area contributed by atoms with E-state index in [1.54, 1.807) is 0 Å². The van der Waals surface area contributed by atoms with Gasteiger partial charge in [0.15, 0.2) is 0 Å². The molecule has 0 saturated heterocycles. The van der Waals surface area contributed by atoms with Crippen LogP contribution < -0.4 is 5.32 Å². The van der Waals surface area contributed by atoms with Gasteiger partial charge in [-0.3, -0.25) is 4.79 Å². The lowest BCUT2D eigenvalue weighted by molar-refractivity contribution is -0.118. The third-order valence-corrected chi connectivity index (χ3v) is 4.07. The summed E-state index contributed by atoms with van der Waals surface area (Å²) in [6.07, 6.45) is 0. The van der Waals surface area contributed by atoms with Crippen LogP contribution in [0.15, 0.2) is 53.0 Å². The van der Waals surface area contributed by atoms with Gasteiger partial charge in [0, 0.05) is 15.2 Å². The standard InChI is InChI=1S/C17H17BrClNO/c1-11(2)16(12-3-7-14(19)8-4-12)17(21)20-15-9-5-13(18)6-10-15/h3-11,16H,1-2H3,(H,20,21)/t16-/m0/s1. The number of anilines is 1. The van der Waals surface area contributed by atoms with Crippen LogP contribution >= 0.6 is 27.5 Å². The second kappa shape index (κ2) is 7.10. The van der Waals surface area contributed by atoms with Gasteiger partial charge >= 0.3 is 0 Å². The SMILES string of the molecule is CC(C)[C@H](C(=O)Nc1ccc(Br)cc1)c1ccc(Cl)cc1. The van der Waals surface area contributed by atoms with Crippen molar-refractivity contribution in [1.29, 1.82) is 0 Å². The molecule has 0 aliphatic carbocycles. The first-order valence-corrected chi connectivity index (χ1v) is 7.96. The van der Waals surface area contributed by atoms with Gasteiger partial charge in [0.05, 0.1) is 5.92 Å². The van der Waals surface area contributed by atoms with Crippen LogP contribution in [-0.2, 0) is 4.79 Å². The minimum absolute atomic E-state index is 0.00496. The minimum atomic E-state index is -0.203. The lowest BCUT2D eigenvalue weighted by Crippen LogP contribution is -2.25. The zero-order valence-electron chi connectivity index (χ0n) is 11.9. The highest BCUT2D eigenvalue weighted by molar-refractivity contribution is 9.10. The van der Waals surface area contributed by atoms with Gasteiger partial charge in [-0.1, -0.05) is 53.5 Å². The summed E-state index contributed by atoms with van der Waals surface area (Å²) in [6, 6.07) is 15.0. The summed E-state index contributed by atoms with van der Waals surface area (Å²) in [5, 5.41) is 3.65. The first kappa shape index (κ1) is 16.1. The number of amides is 1. The number of benzene rings is 2. The summed E-state index contributed by atoms with van der Waals surface area (Å²) in [6.45, 7) is 4.08. The molecule has 110 valence electrons. The van der Waals surface area contributed by atoms with Crippen molar-refractivity contribution in [2.45, 2.75) is 19.8 Å². The summed E-state index contributed by atoms with van der Waals surface area (Å²) >= 11 is 9.30. The Labute approximate surface area is 138 Å².